The lowest BCUT2D eigenvalue weighted by atomic mass is 10.1. The van der Waals surface area contributed by atoms with E-state index in [9.17, 15) is 9.59 Å². The number of nitrogens with one attached hydrogen (secondary N) is 2. The molecule has 0 spiro atoms. The van der Waals surface area contributed by atoms with Crippen LogP contribution in [0.3, 0.4) is 0 Å². The molecule has 2 rings (SSSR count). The van der Waals surface area contributed by atoms with Crippen LogP contribution in [0, 0.1) is 19.8 Å². The maximum absolute atomic E-state index is 11.9. The van der Waals surface area contributed by atoms with E-state index in [0.717, 1.165) is 17.0 Å². The molecule has 1 aromatic heterocycles. The Hall–Kier alpha value is -2.11. The fourth-order valence-corrected chi connectivity index (χ4v) is 2.24. The van der Waals surface area contributed by atoms with Crippen molar-refractivity contribution in [3.63, 3.8) is 0 Å². The number of hydrogen-bond donors (Lipinski definition) is 3. The number of H-pyrrole nitrogens is 1. The summed E-state index contributed by atoms with van der Waals surface area (Å²) >= 11 is 0. The van der Waals surface area contributed by atoms with Crippen molar-refractivity contribution in [2.24, 2.45) is 5.92 Å². The molecule has 0 fully saturated rings. The number of nitrogens with zero attached hydrogens (tertiary/aromatic N) is 1. The molecule has 19 heavy (non-hydrogen) atoms. The van der Waals surface area contributed by atoms with Crippen LogP contribution >= 0.6 is 0 Å². The lowest BCUT2D eigenvalue weighted by Gasteiger charge is -2.12. The van der Waals surface area contributed by atoms with Crippen LogP contribution in [0.4, 0.5) is 0 Å². The Bertz CT molecular complexity index is 514. The van der Waals surface area contributed by atoms with Gasteiger partial charge in [-0.3, -0.25) is 14.7 Å². The molecule has 0 radical (unpaired) electrons. The molecule has 0 bridgehead atoms. The van der Waals surface area contributed by atoms with E-state index in [0.29, 0.717) is 6.42 Å². The van der Waals surface area contributed by atoms with Gasteiger partial charge >= 0.3 is 5.97 Å². The summed E-state index contributed by atoms with van der Waals surface area (Å²) in [5.41, 5.74) is 2.60. The van der Waals surface area contributed by atoms with Crippen LogP contribution in [-0.4, -0.2) is 33.2 Å². The molecule has 102 valence electrons. The number of aromatic nitrogens is 2. The van der Waals surface area contributed by atoms with E-state index >= 15 is 0 Å². The Balaban J connectivity index is 1.90. The molecule has 2 atom stereocenters. The first kappa shape index (κ1) is 13.3. The predicted octanol–water partition coefficient (Wildman–Crippen LogP) is 0.715. The number of aryl methyl sites for hydroxylation is 2. The molecule has 0 saturated heterocycles. The van der Waals surface area contributed by atoms with Crippen molar-refractivity contribution >= 4 is 11.9 Å². The first-order valence-corrected chi connectivity index (χ1v) is 6.18. The fraction of sp³-hybridized carbons (Fsp3) is 0.462. The molecule has 2 unspecified atom stereocenters. The molecular formula is C13H17N3O3. The van der Waals surface area contributed by atoms with Gasteiger partial charge in [-0.1, -0.05) is 12.2 Å². The van der Waals surface area contributed by atoms with Crippen molar-refractivity contribution in [2.75, 3.05) is 0 Å². The second kappa shape index (κ2) is 5.26. The molecule has 6 heteroatoms. The van der Waals surface area contributed by atoms with Crippen molar-refractivity contribution in [1.82, 2.24) is 15.5 Å². The van der Waals surface area contributed by atoms with Gasteiger partial charge in [0.25, 0.3) is 0 Å². The molecule has 1 amide bonds. The Morgan fingerprint density at radius 2 is 2.21 bits per heavy atom. The lowest BCUT2D eigenvalue weighted by molar-refractivity contribution is -0.140. The molecule has 0 aliphatic heterocycles. The number of carbonyl (C=O) groups excluding carboxylic acids is 1. The van der Waals surface area contributed by atoms with Gasteiger partial charge in [0.1, 0.15) is 0 Å². The quantitative estimate of drug-likeness (QED) is 0.697. The van der Waals surface area contributed by atoms with Gasteiger partial charge in [-0.2, -0.15) is 5.10 Å². The molecule has 6 nitrogen and oxygen atoms in total. The summed E-state index contributed by atoms with van der Waals surface area (Å²) in [4.78, 5) is 22.7. The molecule has 0 saturated carbocycles. The highest BCUT2D eigenvalue weighted by Gasteiger charge is 2.25. The average molecular weight is 263 g/mol. The van der Waals surface area contributed by atoms with Crippen LogP contribution in [0.1, 0.15) is 23.4 Å². The smallest absolute Gasteiger partial charge is 0.310 e. The molecule has 3 N–H and O–H groups in total. The SMILES string of the molecule is Cc1n[nH]c(C)c1CC(=O)NC1C=CC(C(=O)O)C1. The number of rotatable bonds is 4. The van der Waals surface area contributed by atoms with Gasteiger partial charge < -0.3 is 10.4 Å². The Kier molecular flexibility index (Phi) is 3.69. The highest BCUT2D eigenvalue weighted by Crippen LogP contribution is 2.18. The number of aliphatic carboxylic acids is 1. The Morgan fingerprint density at radius 1 is 1.47 bits per heavy atom. The monoisotopic (exact) mass is 263 g/mol. The predicted molar refractivity (Wildman–Crippen MR) is 68.6 cm³/mol. The van der Waals surface area contributed by atoms with Crippen LogP contribution in [0.15, 0.2) is 12.2 Å². The summed E-state index contributed by atoms with van der Waals surface area (Å²) in [5.74, 6) is -1.47. The number of carboxylic acid groups (broad SMARTS) is 1. The van der Waals surface area contributed by atoms with Crippen molar-refractivity contribution < 1.29 is 14.7 Å². The maximum Gasteiger partial charge on any atom is 0.310 e. The third kappa shape index (κ3) is 3.01. The lowest BCUT2D eigenvalue weighted by Crippen LogP contribution is -2.34. The van der Waals surface area contributed by atoms with Crippen LogP contribution in [0.25, 0.3) is 0 Å². The zero-order chi connectivity index (χ0) is 14.0. The van der Waals surface area contributed by atoms with Gasteiger partial charge in [-0.15, -0.1) is 0 Å². The van der Waals surface area contributed by atoms with Gasteiger partial charge in [0.2, 0.25) is 5.91 Å². The number of aromatic amines is 1. The molecule has 1 aliphatic rings. The topological polar surface area (TPSA) is 95.1 Å². The molecule has 1 aliphatic carbocycles. The van der Waals surface area contributed by atoms with Crippen LogP contribution in [-0.2, 0) is 16.0 Å². The van der Waals surface area contributed by atoms with Gasteiger partial charge in [-0.05, 0) is 20.3 Å². The van der Waals surface area contributed by atoms with E-state index < -0.39 is 11.9 Å². The van der Waals surface area contributed by atoms with E-state index in [-0.39, 0.29) is 18.4 Å². The van der Waals surface area contributed by atoms with Gasteiger partial charge in [0.05, 0.1) is 18.0 Å². The summed E-state index contributed by atoms with van der Waals surface area (Å²) in [6.45, 7) is 3.72. The zero-order valence-corrected chi connectivity index (χ0v) is 10.9. The minimum atomic E-state index is -0.852. The van der Waals surface area contributed by atoms with Crippen molar-refractivity contribution in [2.45, 2.75) is 32.7 Å². The summed E-state index contributed by atoms with van der Waals surface area (Å²) < 4.78 is 0. The Morgan fingerprint density at radius 3 is 2.74 bits per heavy atom. The van der Waals surface area contributed by atoms with E-state index in [1.165, 1.54) is 0 Å². The molecule has 1 heterocycles. The van der Waals surface area contributed by atoms with E-state index in [4.69, 9.17) is 5.11 Å². The number of amides is 1. The van der Waals surface area contributed by atoms with Crippen molar-refractivity contribution in [1.29, 1.82) is 0 Å². The largest absolute Gasteiger partial charge is 0.481 e. The third-order valence-electron chi connectivity index (χ3n) is 3.37. The minimum absolute atomic E-state index is 0.117. The second-order valence-electron chi connectivity index (χ2n) is 4.83. The van der Waals surface area contributed by atoms with E-state index in [2.05, 4.69) is 15.5 Å². The summed E-state index contributed by atoms with van der Waals surface area (Å²) in [7, 11) is 0. The van der Waals surface area contributed by atoms with Crippen LogP contribution in [0.5, 0.6) is 0 Å². The summed E-state index contributed by atoms with van der Waals surface area (Å²) in [6, 6.07) is -0.193. The first-order valence-electron chi connectivity index (χ1n) is 6.18. The minimum Gasteiger partial charge on any atom is -0.481 e. The highest BCUT2D eigenvalue weighted by atomic mass is 16.4. The Labute approximate surface area is 110 Å². The van der Waals surface area contributed by atoms with E-state index in [1.807, 2.05) is 13.8 Å². The van der Waals surface area contributed by atoms with Crippen LogP contribution < -0.4 is 5.32 Å². The van der Waals surface area contributed by atoms with Gasteiger partial charge in [-0.25, -0.2) is 0 Å². The fourth-order valence-electron chi connectivity index (χ4n) is 2.24. The number of carbonyl (C=O) groups is 2. The van der Waals surface area contributed by atoms with E-state index in [1.54, 1.807) is 12.2 Å². The molecule has 1 aromatic rings. The molecular weight excluding hydrogens is 246 g/mol. The maximum atomic E-state index is 11.9. The number of carboxylic acids is 1. The zero-order valence-electron chi connectivity index (χ0n) is 10.9. The summed E-state index contributed by atoms with van der Waals surface area (Å²) in [5, 5.41) is 18.6. The normalized spacial score (nSPS) is 21.6. The van der Waals surface area contributed by atoms with Crippen LogP contribution in [0.2, 0.25) is 0 Å². The van der Waals surface area contributed by atoms with Gasteiger partial charge in [0.15, 0.2) is 0 Å². The summed E-state index contributed by atoms with van der Waals surface area (Å²) in [6.07, 6.45) is 4.05. The van der Waals surface area contributed by atoms with Crippen molar-refractivity contribution in [3.05, 3.63) is 29.1 Å². The number of hydrogen-bond acceptors (Lipinski definition) is 3. The molecule has 0 aromatic carbocycles. The second-order valence-corrected chi connectivity index (χ2v) is 4.83. The average Bonchev–Trinajstić information content (AvgIpc) is 2.91. The standard InChI is InChI=1S/C13H17N3O3/c1-7-11(8(2)16-15-7)6-12(17)14-10-4-3-9(5-10)13(18)19/h3-4,9-10H,5-6H2,1-2H3,(H,14,17)(H,15,16)(H,18,19). The first-order chi connectivity index (χ1) is 8.97. The highest BCUT2D eigenvalue weighted by molar-refractivity contribution is 5.80. The third-order valence-corrected chi connectivity index (χ3v) is 3.37. The van der Waals surface area contributed by atoms with Gasteiger partial charge in [0, 0.05) is 17.3 Å². The van der Waals surface area contributed by atoms with Crippen molar-refractivity contribution in [3.8, 4) is 0 Å².